The van der Waals surface area contributed by atoms with Gasteiger partial charge < -0.3 is 4.74 Å². The van der Waals surface area contributed by atoms with Crippen molar-refractivity contribution < 1.29 is 13.2 Å². The molecule has 0 bridgehead atoms. The lowest BCUT2D eigenvalue weighted by molar-refractivity contribution is 0.414. The Kier molecular flexibility index (Phi) is 3.39. The van der Waals surface area contributed by atoms with Gasteiger partial charge in [-0.25, -0.2) is 8.42 Å². The van der Waals surface area contributed by atoms with E-state index in [1.165, 1.54) is 19.2 Å². The summed E-state index contributed by atoms with van der Waals surface area (Å²) < 4.78 is 27.8. The van der Waals surface area contributed by atoms with Crippen molar-refractivity contribution in [1.82, 2.24) is 0 Å². The fraction of sp³-hybridized carbons (Fsp3) is 0.333. The maximum absolute atomic E-state index is 11.5. The number of benzene rings is 1. The molecule has 0 heterocycles. The normalized spacial score (nSPS) is 11.4. The molecular formula is C9H11ClO3S. The highest BCUT2D eigenvalue weighted by molar-refractivity contribution is 7.91. The minimum absolute atomic E-state index is 0.0651. The molecular weight excluding hydrogens is 224 g/mol. The maximum atomic E-state index is 11.5. The van der Waals surface area contributed by atoms with Gasteiger partial charge in [0.1, 0.15) is 5.75 Å². The third kappa shape index (κ3) is 2.19. The second kappa shape index (κ2) is 4.19. The summed E-state index contributed by atoms with van der Waals surface area (Å²) in [6.45, 7) is 1.59. The molecule has 5 heteroatoms. The van der Waals surface area contributed by atoms with Crippen LogP contribution in [0, 0.1) is 0 Å². The van der Waals surface area contributed by atoms with Gasteiger partial charge >= 0.3 is 0 Å². The standard InChI is InChI=1S/C9H11ClO3S/c1-3-14(11,12)7-4-5-9(13-2)8(10)6-7/h4-6H,3H2,1-2H3. The van der Waals surface area contributed by atoms with Gasteiger partial charge in [-0.15, -0.1) is 0 Å². The quantitative estimate of drug-likeness (QED) is 0.805. The Morgan fingerprint density at radius 1 is 1.43 bits per heavy atom. The van der Waals surface area contributed by atoms with Gasteiger partial charge in [-0.05, 0) is 18.2 Å². The van der Waals surface area contributed by atoms with Gasteiger partial charge in [0.15, 0.2) is 9.84 Å². The van der Waals surface area contributed by atoms with Gasteiger partial charge in [0.25, 0.3) is 0 Å². The molecule has 1 aromatic rings. The summed E-state index contributed by atoms with van der Waals surface area (Å²) >= 11 is 5.80. The van der Waals surface area contributed by atoms with Crippen LogP contribution in [0.15, 0.2) is 23.1 Å². The zero-order valence-corrected chi connectivity index (χ0v) is 9.52. The predicted octanol–water partition coefficient (Wildman–Crippen LogP) is 2.14. The predicted molar refractivity (Wildman–Crippen MR) is 55.7 cm³/mol. The molecule has 3 nitrogen and oxygen atoms in total. The van der Waals surface area contributed by atoms with E-state index in [2.05, 4.69) is 0 Å². The van der Waals surface area contributed by atoms with E-state index < -0.39 is 9.84 Å². The maximum Gasteiger partial charge on any atom is 0.178 e. The van der Waals surface area contributed by atoms with Crippen LogP contribution in [0.3, 0.4) is 0 Å². The minimum atomic E-state index is -3.19. The van der Waals surface area contributed by atoms with E-state index in [9.17, 15) is 8.42 Å². The Morgan fingerprint density at radius 2 is 2.07 bits per heavy atom. The number of hydrogen-bond donors (Lipinski definition) is 0. The molecule has 14 heavy (non-hydrogen) atoms. The highest BCUT2D eigenvalue weighted by Crippen LogP contribution is 2.27. The Balaban J connectivity index is 3.22. The first-order valence-corrected chi connectivity index (χ1v) is 6.10. The van der Waals surface area contributed by atoms with Crippen molar-refractivity contribution in [2.45, 2.75) is 11.8 Å². The SMILES string of the molecule is CCS(=O)(=O)c1ccc(OC)c(Cl)c1. The van der Waals surface area contributed by atoms with E-state index in [0.717, 1.165) is 0 Å². The average molecular weight is 235 g/mol. The molecule has 0 radical (unpaired) electrons. The van der Waals surface area contributed by atoms with E-state index in [1.807, 2.05) is 0 Å². The molecule has 0 aliphatic carbocycles. The number of sulfone groups is 1. The minimum Gasteiger partial charge on any atom is -0.495 e. The van der Waals surface area contributed by atoms with Crippen LogP contribution in [0.25, 0.3) is 0 Å². The molecule has 0 saturated heterocycles. The Bertz CT molecular complexity index is 426. The van der Waals surface area contributed by atoms with E-state index >= 15 is 0 Å². The molecule has 0 spiro atoms. The third-order valence-electron chi connectivity index (χ3n) is 1.86. The lowest BCUT2D eigenvalue weighted by atomic mass is 10.3. The number of rotatable bonds is 3. The van der Waals surface area contributed by atoms with Crippen LogP contribution in [0.2, 0.25) is 5.02 Å². The molecule has 0 atom stereocenters. The zero-order valence-electron chi connectivity index (χ0n) is 7.95. The molecule has 0 N–H and O–H groups in total. The lowest BCUT2D eigenvalue weighted by Crippen LogP contribution is -2.03. The molecule has 0 saturated carbocycles. The summed E-state index contributed by atoms with van der Waals surface area (Å²) in [4.78, 5) is 0.228. The van der Waals surface area contributed by atoms with E-state index in [-0.39, 0.29) is 10.6 Å². The van der Waals surface area contributed by atoms with Crippen molar-refractivity contribution in [3.05, 3.63) is 23.2 Å². The van der Waals surface area contributed by atoms with Gasteiger partial charge in [-0.2, -0.15) is 0 Å². The van der Waals surface area contributed by atoms with Crippen LogP contribution in [0.5, 0.6) is 5.75 Å². The van der Waals surface area contributed by atoms with Gasteiger partial charge in [0.2, 0.25) is 0 Å². The molecule has 0 aliphatic rings. The summed E-state index contributed by atoms with van der Waals surface area (Å²) in [7, 11) is -1.70. The van der Waals surface area contributed by atoms with Crippen molar-refractivity contribution in [3.63, 3.8) is 0 Å². The largest absolute Gasteiger partial charge is 0.495 e. The van der Waals surface area contributed by atoms with Crippen LogP contribution < -0.4 is 4.74 Å². The summed E-state index contributed by atoms with van der Waals surface area (Å²) in [5.74, 6) is 0.539. The zero-order chi connectivity index (χ0) is 10.8. The van der Waals surface area contributed by atoms with Gasteiger partial charge in [-0.3, -0.25) is 0 Å². The van der Waals surface area contributed by atoms with E-state index in [0.29, 0.717) is 10.8 Å². The number of methoxy groups -OCH3 is 1. The second-order valence-electron chi connectivity index (χ2n) is 2.70. The molecule has 78 valence electrons. The second-order valence-corrected chi connectivity index (χ2v) is 5.39. The third-order valence-corrected chi connectivity index (χ3v) is 3.89. The fourth-order valence-electron chi connectivity index (χ4n) is 1.01. The van der Waals surface area contributed by atoms with Crippen LogP contribution in [-0.2, 0) is 9.84 Å². The number of hydrogen-bond acceptors (Lipinski definition) is 3. The number of halogens is 1. The van der Waals surface area contributed by atoms with Crippen molar-refractivity contribution >= 4 is 21.4 Å². The highest BCUT2D eigenvalue weighted by Gasteiger charge is 2.13. The molecule has 0 fully saturated rings. The molecule has 1 rings (SSSR count). The summed E-state index contributed by atoms with van der Waals surface area (Å²) in [5.41, 5.74) is 0. The van der Waals surface area contributed by atoms with Gasteiger partial charge in [-0.1, -0.05) is 18.5 Å². The summed E-state index contributed by atoms with van der Waals surface area (Å²) in [5, 5.41) is 0.307. The number of ether oxygens (including phenoxy) is 1. The summed E-state index contributed by atoms with van der Waals surface area (Å²) in [6.07, 6.45) is 0. The van der Waals surface area contributed by atoms with Crippen LogP contribution >= 0.6 is 11.6 Å². The lowest BCUT2D eigenvalue weighted by Gasteiger charge is -2.05. The Morgan fingerprint density at radius 3 is 2.50 bits per heavy atom. The van der Waals surface area contributed by atoms with Gasteiger partial charge in [0.05, 0.1) is 22.8 Å². The molecule has 0 aromatic heterocycles. The van der Waals surface area contributed by atoms with Crippen LogP contribution in [0.1, 0.15) is 6.92 Å². The van der Waals surface area contributed by atoms with E-state index in [1.54, 1.807) is 13.0 Å². The molecule has 0 amide bonds. The fourth-order valence-corrected chi connectivity index (χ4v) is 2.24. The van der Waals surface area contributed by atoms with Gasteiger partial charge in [0, 0.05) is 0 Å². The topological polar surface area (TPSA) is 43.4 Å². The van der Waals surface area contributed by atoms with Crippen molar-refractivity contribution in [3.8, 4) is 5.75 Å². The van der Waals surface area contributed by atoms with Crippen molar-refractivity contribution in [1.29, 1.82) is 0 Å². The molecule has 1 aromatic carbocycles. The smallest absolute Gasteiger partial charge is 0.178 e. The Hall–Kier alpha value is -0.740. The molecule has 0 unspecified atom stereocenters. The summed E-state index contributed by atoms with van der Waals surface area (Å²) in [6, 6.07) is 4.44. The Labute approximate surface area is 88.6 Å². The average Bonchev–Trinajstić information content (AvgIpc) is 2.17. The molecule has 0 aliphatic heterocycles. The highest BCUT2D eigenvalue weighted by atomic mass is 35.5. The van der Waals surface area contributed by atoms with Crippen LogP contribution in [0.4, 0.5) is 0 Å². The van der Waals surface area contributed by atoms with E-state index in [4.69, 9.17) is 16.3 Å². The monoisotopic (exact) mass is 234 g/mol. The first-order chi connectivity index (χ1) is 6.51. The van der Waals surface area contributed by atoms with Crippen molar-refractivity contribution in [2.24, 2.45) is 0 Å². The van der Waals surface area contributed by atoms with Crippen LogP contribution in [-0.4, -0.2) is 21.3 Å². The van der Waals surface area contributed by atoms with Crippen molar-refractivity contribution in [2.75, 3.05) is 12.9 Å². The first-order valence-electron chi connectivity index (χ1n) is 4.07. The first kappa shape index (κ1) is 11.3.